The molecule has 7 nitrogen and oxygen atoms in total. The summed E-state index contributed by atoms with van der Waals surface area (Å²) in [6.45, 7) is 1.87. The Bertz CT molecular complexity index is 1040. The van der Waals surface area contributed by atoms with E-state index >= 15 is 0 Å². The lowest BCUT2D eigenvalue weighted by Crippen LogP contribution is -2.12. The highest BCUT2D eigenvalue weighted by Gasteiger charge is 2.30. The molecule has 0 atom stereocenters. The van der Waals surface area contributed by atoms with Gasteiger partial charge in [0.1, 0.15) is 5.75 Å². The zero-order valence-electron chi connectivity index (χ0n) is 15.3. The fourth-order valence-corrected chi connectivity index (χ4v) is 4.37. The number of aryl methyl sites for hydroxylation is 1. The van der Waals surface area contributed by atoms with E-state index in [4.69, 9.17) is 4.74 Å². The summed E-state index contributed by atoms with van der Waals surface area (Å²) in [5.41, 5.74) is 1.95. The third-order valence-electron chi connectivity index (χ3n) is 4.28. The molecule has 0 bridgehead atoms. The Morgan fingerprint density at radius 2 is 1.93 bits per heavy atom. The molecule has 4 rings (SSSR count). The van der Waals surface area contributed by atoms with Gasteiger partial charge in [-0.3, -0.25) is 14.9 Å². The third-order valence-corrected chi connectivity index (χ3v) is 6.14. The van der Waals surface area contributed by atoms with Crippen LogP contribution in [0.4, 0.5) is 10.3 Å². The largest absolute Gasteiger partial charge is 0.496 e. The van der Waals surface area contributed by atoms with Crippen LogP contribution in [-0.4, -0.2) is 28.9 Å². The number of nitrogens with one attached hydrogen (secondary N) is 2. The lowest BCUT2D eigenvalue weighted by atomic mass is 10.2. The molecule has 1 aromatic carbocycles. The van der Waals surface area contributed by atoms with Crippen LogP contribution in [-0.2, 0) is 4.79 Å². The van der Waals surface area contributed by atoms with Gasteiger partial charge in [-0.2, -0.15) is 0 Å². The van der Waals surface area contributed by atoms with Gasteiger partial charge in [0.2, 0.25) is 5.91 Å². The Kier molecular flexibility index (Phi) is 5.10. The van der Waals surface area contributed by atoms with Crippen LogP contribution < -0.4 is 15.4 Å². The fraction of sp³-hybridized carbons (Fsp3) is 0.263. The van der Waals surface area contributed by atoms with Crippen molar-refractivity contribution in [2.24, 2.45) is 5.92 Å². The first kappa shape index (κ1) is 18.6. The molecule has 9 heteroatoms. The molecule has 1 aliphatic rings. The Morgan fingerprint density at radius 3 is 2.68 bits per heavy atom. The third kappa shape index (κ3) is 3.90. The second-order valence-corrected chi connectivity index (χ2v) is 8.25. The molecule has 2 N–H and O–H groups in total. The van der Waals surface area contributed by atoms with Gasteiger partial charge in [-0.1, -0.05) is 23.5 Å². The van der Waals surface area contributed by atoms with Crippen LogP contribution in [0.25, 0.3) is 10.6 Å². The number of carbonyl (C=O) groups is 2. The number of anilines is 2. The van der Waals surface area contributed by atoms with E-state index in [0.29, 0.717) is 21.6 Å². The predicted molar refractivity (Wildman–Crippen MR) is 110 cm³/mol. The summed E-state index contributed by atoms with van der Waals surface area (Å²) in [5, 5.41) is 8.63. The van der Waals surface area contributed by atoms with Crippen molar-refractivity contribution in [3.63, 3.8) is 0 Å². The predicted octanol–water partition coefficient (Wildman–Crippen LogP) is 4.18. The molecule has 0 saturated heterocycles. The molecule has 0 spiro atoms. The number of hydrogen-bond donors (Lipinski definition) is 2. The van der Waals surface area contributed by atoms with Gasteiger partial charge in [0, 0.05) is 11.3 Å². The van der Waals surface area contributed by atoms with Crippen molar-refractivity contribution < 1.29 is 14.3 Å². The standard InChI is InChI=1S/C19H18N4O3S2/c1-10-15(13-9-27-18(21-13)22-16(24)11-7-8-11)28-19(20-10)23-17(25)12-5-3-4-6-14(12)26-2/h3-6,9,11H,7-8H2,1-2H3,(H,20,23,25)(H,21,22,24). The quantitative estimate of drug-likeness (QED) is 0.631. The zero-order chi connectivity index (χ0) is 19.7. The van der Waals surface area contributed by atoms with Gasteiger partial charge in [0.05, 0.1) is 28.9 Å². The van der Waals surface area contributed by atoms with Gasteiger partial charge >= 0.3 is 0 Å². The van der Waals surface area contributed by atoms with E-state index < -0.39 is 0 Å². The first-order chi connectivity index (χ1) is 13.5. The summed E-state index contributed by atoms with van der Waals surface area (Å²) in [7, 11) is 1.53. The maximum atomic E-state index is 12.6. The van der Waals surface area contributed by atoms with E-state index in [1.165, 1.54) is 29.8 Å². The Balaban J connectivity index is 1.50. The summed E-state index contributed by atoms with van der Waals surface area (Å²) < 4.78 is 5.24. The summed E-state index contributed by atoms with van der Waals surface area (Å²) in [6, 6.07) is 7.02. The number of nitrogens with zero attached hydrogens (tertiary/aromatic N) is 2. The molecule has 28 heavy (non-hydrogen) atoms. The van der Waals surface area contributed by atoms with Crippen molar-refractivity contribution >= 4 is 44.8 Å². The minimum Gasteiger partial charge on any atom is -0.496 e. The van der Waals surface area contributed by atoms with E-state index in [0.717, 1.165) is 29.1 Å². The number of hydrogen-bond acceptors (Lipinski definition) is 7. The lowest BCUT2D eigenvalue weighted by Gasteiger charge is -2.06. The highest BCUT2D eigenvalue weighted by molar-refractivity contribution is 7.20. The molecule has 2 aromatic heterocycles. The summed E-state index contributed by atoms with van der Waals surface area (Å²) >= 11 is 2.73. The maximum absolute atomic E-state index is 12.6. The lowest BCUT2D eigenvalue weighted by molar-refractivity contribution is -0.117. The number of methoxy groups -OCH3 is 1. The van der Waals surface area contributed by atoms with E-state index in [2.05, 4.69) is 20.6 Å². The maximum Gasteiger partial charge on any atom is 0.261 e. The van der Waals surface area contributed by atoms with Crippen molar-refractivity contribution in [1.82, 2.24) is 9.97 Å². The molecule has 2 heterocycles. The molecule has 2 amide bonds. The first-order valence-electron chi connectivity index (χ1n) is 8.73. The summed E-state index contributed by atoms with van der Waals surface area (Å²) in [6.07, 6.45) is 1.90. The average molecular weight is 415 g/mol. The van der Waals surface area contributed by atoms with Crippen LogP contribution >= 0.6 is 22.7 Å². The molecule has 0 unspecified atom stereocenters. The molecule has 1 aliphatic carbocycles. The number of para-hydroxylation sites is 1. The number of rotatable bonds is 6. The Morgan fingerprint density at radius 1 is 1.14 bits per heavy atom. The number of carbonyl (C=O) groups excluding carboxylic acids is 2. The van der Waals surface area contributed by atoms with Gasteiger partial charge in [-0.15, -0.1) is 11.3 Å². The topological polar surface area (TPSA) is 93.2 Å². The van der Waals surface area contributed by atoms with Gasteiger partial charge in [-0.05, 0) is 31.9 Å². The smallest absolute Gasteiger partial charge is 0.261 e. The summed E-state index contributed by atoms with van der Waals surface area (Å²) in [5.74, 6) is 0.387. The van der Waals surface area contributed by atoms with E-state index in [9.17, 15) is 9.59 Å². The van der Waals surface area contributed by atoms with Crippen LogP contribution in [0.5, 0.6) is 5.75 Å². The van der Waals surface area contributed by atoms with Crippen LogP contribution in [0.1, 0.15) is 28.9 Å². The highest BCUT2D eigenvalue weighted by atomic mass is 32.1. The van der Waals surface area contributed by atoms with E-state index in [1.807, 2.05) is 18.4 Å². The minimum absolute atomic E-state index is 0.0340. The van der Waals surface area contributed by atoms with Gasteiger partial charge in [0.25, 0.3) is 5.91 Å². The number of aromatic nitrogens is 2. The molecule has 1 saturated carbocycles. The Hall–Kier alpha value is -2.78. The molecule has 1 fully saturated rings. The number of amides is 2. The fourth-order valence-electron chi connectivity index (χ4n) is 2.67. The van der Waals surface area contributed by atoms with Crippen LogP contribution in [0, 0.1) is 12.8 Å². The molecule has 3 aromatic rings. The number of benzene rings is 1. The number of thiazole rings is 2. The average Bonchev–Trinajstić information content (AvgIpc) is 3.35. The van der Waals surface area contributed by atoms with Crippen LogP contribution in [0.3, 0.4) is 0 Å². The van der Waals surface area contributed by atoms with Gasteiger partial charge in [-0.25, -0.2) is 9.97 Å². The van der Waals surface area contributed by atoms with Crippen molar-refractivity contribution in [2.45, 2.75) is 19.8 Å². The molecule has 144 valence electrons. The summed E-state index contributed by atoms with van der Waals surface area (Å²) in [4.78, 5) is 34.2. The normalized spacial score (nSPS) is 13.2. The SMILES string of the molecule is COc1ccccc1C(=O)Nc1nc(C)c(-c2csc(NC(=O)C3CC3)n2)s1. The molecule has 0 aliphatic heterocycles. The zero-order valence-corrected chi connectivity index (χ0v) is 16.9. The minimum atomic E-state index is -0.284. The van der Waals surface area contributed by atoms with E-state index in [-0.39, 0.29) is 17.7 Å². The van der Waals surface area contributed by atoms with E-state index in [1.54, 1.807) is 18.2 Å². The molecular formula is C19H18N4O3S2. The van der Waals surface area contributed by atoms with Crippen molar-refractivity contribution in [3.8, 4) is 16.3 Å². The second-order valence-electron chi connectivity index (χ2n) is 6.39. The van der Waals surface area contributed by atoms with Crippen molar-refractivity contribution in [2.75, 3.05) is 17.7 Å². The van der Waals surface area contributed by atoms with Gasteiger partial charge < -0.3 is 10.1 Å². The highest BCUT2D eigenvalue weighted by Crippen LogP contribution is 2.36. The van der Waals surface area contributed by atoms with Crippen molar-refractivity contribution in [1.29, 1.82) is 0 Å². The van der Waals surface area contributed by atoms with Crippen LogP contribution in [0.2, 0.25) is 0 Å². The van der Waals surface area contributed by atoms with Gasteiger partial charge in [0.15, 0.2) is 10.3 Å². The van der Waals surface area contributed by atoms with Crippen LogP contribution in [0.15, 0.2) is 29.6 Å². The molecular weight excluding hydrogens is 396 g/mol. The second kappa shape index (κ2) is 7.69. The first-order valence-corrected chi connectivity index (χ1v) is 10.4. The number of ether oxygens (including phenoxy) is 1. The van der Waals surface area contributed by atoms with Crippen molar-refractivity contribution in [3.05, 3.63) is 40.9 Å². The monoisotopic (exact) mass is 414 g/mol. The Labute approximate surface area is 169 Å². The molecule has 0 radical (unpaired) electrons.